The maximum atomic E-state index is 12.3. The van der Waals surface area contributed by atoms with E-state index in [4.69, 9.17) is 0 Å². The molecule has 0 aliphatic carbocycles. The number of amides is 1. The molecule has 0 saturated carbocycles. The fourth-order valence-corrected chi connectivity index (χ4v) is 3.37. The first-order valence-electron chi connectivity index (χ1n) is 5.99. The zero-order valence-corrected chi connectivity index (χ0v) is 12.9. The summed E-state index contributed by atoms with van der Waals surface area (Å²) >= 11 is 2.25. The van der Waals surface area contributed by atoms with Gasteiger partial charge >= 0.3 is 0 Å². The number of halogens is 2. The Morgan fingerprint density at radius 1 is 1.28 bits per heavy atom. The van der Waals surface area contributed by atoms with E-state index in [1.807, 2.05) is 29.2 Å². The number of carbonyl (C=O) groups is 1. The summed E-state index contributed by atoms with van der Waals surface area (Å²) in [7, 11) is 0. The maximum Gasteiger partial charge on any atom is 0.253 e. The van der Waals surface area contributed by atoms with E-state index in [9.17, 15) is 4.79 Å². The Morgan fingerprint density at radius 2 is 1.94 bits per heavy atom. The number of hydrogen-bond acceptors (Lipinski definition) is 2. The van der Waals surface area contributed by atoms with Crippen LogP contribution in [-0.4, -0.2) is 37.0 Å². The van der Waals surface area contributed by atoms with Crippen molar-refractivity contribution in [2.75, 3.05) is 26.2 Å². The molecule has 1 aromatic rings. The number of carbonyl (C=O) groups excluding carboxylic acids is 1. The number of hydrogen-bond donors (Lipinski definition) is 1. The summed E-state index contributed by atoms with van der Waals surface area (Å²) < 4.78 is 1.12. The lowest BCUT2D eigenvalue weighted by atomic mass is 10.0. The Kier molecular flexibility index (Phi) is 4.50. The highest BCUT2D eigenvalue weighted by Crippen LogP contribution is 2.27. The lowest BCUT2D eigenvalue weighted by molar-refractivity contribution is 0.0781. The van der Waals surface area contributed by atoms with Gasteiger partial charge in [-0.3, -0.25) is 4.79 Å². The molecule has 0 radical (unpaired) electrons. The van der Waals surface area contributed by atoms with Gasteiger partial charge in [-0.2, -0.15) is 0 Å². The number of benzene rings is 1. The fourth-order valence-electron chi connectivity index (χ4n) is 2.83. The first kappa shape index (κ1) is 14.1. The van der Waals surface area contributed by atoms with Crippen molar-refractivity contribution in [3.63, 3.8) is 0 Å². The van der Waals surface area contributed by atoms with Gasteiger partial charge in [0, 0.05) is 35.3 Å². The van der Waals surface area contributed by atoms with Gasteiger partial charge in [-0.1, -0.05) is 6.07 Å². The molecule has 2 aliphatic heterocycles. The summed E-state index contributed by atoms with van der Waals surface area (Å²) in [5, 5.41) is 3.39. The summed E-state index contributed by atoms with van der Waals surface area (Å²) in [5.74, 6) is 1.53. The average molecular weight is 379 g/mol. The molecule has 2 fully saturated rings. The molecule has 2 saturated heterocycles. The highest BCUT2D eigenvalue weighted by atomic mass is 127. The van der Waals surface area contributed by atoms with Crippen molar-refractivity contribution < 1.29 is 4.79 Å². The van der Waals surface area contributed by atoms with Crippen LogP contribution in [0, 0.1) is 15.4 Å². The molecule has 5 heteroatoms. The molecule has 2 atom stereocenters. The van der Waals surface area contributed by atoms with Crippen molar-refractivity contribution in [2.45, 2.75) is 0 Å². The van der Waals surface area contributed by atoms with Crippen LogP contribution in [0.5, 0.6) is 0 Å². The summed E-state index contributed by atoms with van der Waals surface area (Å²) in [6.45, 7) is 3.98. The predicted molar refractivity (Wildman–Crippen MR) is 82.2 cm³/mol. The second-order valence-electron chi connectivity index (χ2n) is 4.90. The third-order valence-electron chi connectivity index (χ3n) is 3.75. The van der Waals surface area contributed by atoms with Crippen molar-refractivity contribution in [3.8, 4) is 0 Å². The topological polar surface area (TPSA) is 32.3 Å². The van der Waals surface area contributed by atoms with Crippen LogP contribution in [-0.2, 0) is 0 Å². The molecule has 3 rings (SSSR count). The SMILES string of the molecule is Cl.O=C(c1cccc(I)c1)N1C[C@H]2CNC[C@H]2C1. The molecule has 2 heterocycles. The molecule has 1 N–H and O–H groups in total. The molecule has 98 valence electrons. The van der Waals surface area contributed by atoms with Crippen molar-refractivity contribution in [2.24, 2.45) is 11.8 Å². The monoisotopic (exact) mass is 378 g/mol. The number of fused-ring (bicyclic) bond motifs is 1. The summed E-state index contributed by atoms with van der Waals surface area (Å²) in [5.41, 5.74) is 0.824. The van der Waals surface area contributed by atoms with Crippen molar-refractivity contribution in [1.29, 1.82) is 0 Å². The third kappa shape index (κ3) is 2.65. The van der Waals surface area contributed by atoms with Crippen LogP contribution >= 0.6 is 35.0 Å². The molecule has 1 amide bonds. The highest BCUT2D eigenvalue weighted by Gasteiger charge is 2.38. The van der Waals surface area contributed by atoms with Gasteiger partial charge in [0.15, 0.2) is 0 Å². The van der Waals surface area contributed by atoms with Gasteiger partial charge in [0.05, 0.1) is 0 Å². The Balaban J connectivity index is 0.00000120. The molecule has 2 aliphatic rings. The Morgan fingerprint density at radius 3 is 2.56 bits per heavy atom. The number of nitrogens with one attached hydrogen (secondary N) is 1. The maximum absolute atomic E-state index is 12.3. The molecule has 18 heavy (non-hydrogen) atoms. The second kappa shape index (κ2) is 5.75. The van der Waals surface area contributed by atoms with Crippen LogP contribution < -0.4 is 5.32 Å². The van der Waals surface area contributed by atoms with E-state index in [2.05, 4.69) is 27.9 Å². The standard InChI is InChI=1S/C13H15IN2O.ClH/c14-12-3-1-2-9(4-12)13(17)16-7-10-5-15-6-11(10)8-16;/h1-4,10-11,15H,5-8H2;1H/t10-,11+;. The zero-order chi connectivity index (χ0) is 11.8. The van der Waals surface area contributed by atoms with Crippen molar-refractivity contribution in [1.82, 2.24) is 10.2 Å². The van der Waals surface area contributed by atoms with Gasteiger partial charge in [-0.05, 0) is 52.6 Å². The van der Waals surface area contributed by atoms with Crippen molar-refractivity contribution in [3.05, 3.63) is 33.4 Å². The average Bonchev–Trinajstić information content (AvgIpc) is 2.88. The molecule has 0 spiro atoms. The smallest absolute Gasteiger partial charge is 0.253 e. The second-order valence-corrected chi connectivity index (χ2v) is 6.14. The quantitative estimate of drug-likeness (QED) is 0.758. The number of likely N-dealkylation sites (tertiary alicyclic amines) is 1. The number of nitrogens with zero attached hydrogens (tertiary/aromatic N) is 1. The van der Waals surface area contributed by atoms with Crippen LogP contribution in [0.3, 0.4) is 0 Å². The third-order valence-corrected chi connectivity index (χ3v) is 4.42. The van der Waals surface area contributed by atoms with Crippen LogP contribution in [0.25, 0.3) is 0 Å². The molecule has 0 unspecified atom stereocenters. The first-order chi connectivity index (χ1) is 8.24. The molecular weight excluding hydrogens is 363 g/mol. The molecule has 3 nitrogen and oxygen atoms in total. The summed E-state index contributed by atoms with van der Waals surface area (Å²) in [6, 6.07) is 7.85. The van der Waals surface area contributed by atoms with Gasteiger partial charge in [0.1, 0.15) is 0 Å². The van der Waals surface area contributed by atoms with Crippen molar-refractivity contribution >= 4 is 40.9 Å². The summed E-state index contributed by atoms with van der Waals surface area (Å²) in [4.78, 5) is 14.3. The van der Waals surface area contributed by atoms with Crippen LogP contribution in [0.1, 0.15) is 10.4 Å². The predicted octanol–water partition coefficient (Wildman–Crippen LogP) is 2.00. The normalized spacial score (nSPS) is 25.7. The van der Waals surface area contributed by atoms with E-state index in [0.29, 0.717) is 11.8 Å². The van der Waals surface area contributed by atoms with E-state index in [1.54, 1.807) is 0 Å². The summed E-state index contributed by atoms with van der Waals surface area (Å²) in [6.07, 6.45) is 0. The van der Waals surface area contributed by atoms with E-state index >= 15 is 0 Å². The van der Waals surface area contributed by atoms with E-state index in [0.717, 1.165) is 35.3 Å². The lowest BCUT2D eigenvalue weighted by Crippen LogP contribution is -2.31. The van der Waals surface area contributed by atoms with Gasteiger partial charge in [0.2, 0.25) is 0 Å². The van der Waals surface area contributed by atoms with E-state index in [-0.39, 0.29) is 18.3 Å². The van der Waals surface area contributed by atoms with E-state index < -0.39 is 0 Å². The Hall–Kier alpha value is -0.330. The van der Waals surface area contributed by atoms with E-state index in [1.165, 1.54) is 0 Å². The minimum Gasteiger partial charge on any atom is -0.338 e. The highest BCUT2D eigenvalue weighted by molar-refractivity contribution is 14.1. The molecule has 0 aromatic heterocycles. The van der Waals surface area contributed by atoms with Gasteiger partial charge in [-0.25, -0.2) is 0 Å². The van der Waals surface area contributed by atoms with Crippen LogP contribution in [0.2, 0.25) is 0 Å². The lowest BCUT2D eigenvalue weighted by Gasteiger charge is -2.17. The number of rotatable bonds is 1. The Bertz CT molecular complexity index is 442. The minimum atomic E-state index is 0. The van der Waals surface area contributed by atoms with Gasteiger partial charge < -0.3 is 10.2 Å². The minimum absolute atomic E-state index is 0. The molecule has 1 aromatic carbocycles. The first-order valence-corrected chi connectivity index (χ1v) is 7.07. The van der Waals surface area contributed by atoms with Gasteiger partial charge in [-0.15, -0.1) is 12.4 Å². The fraction of sp³-hybridized carbons (Fsp3) is 0.462. The molecular formula is C13H16ClIN2O. The van der Waals surface area contributed by atoms with Crippen LogP contribution in [0.4, 0.5) is 0 Å². The Labute approximate surface area is 127 Å². The van der Waals surface area contributed by atoms with Gasteiger partial charge in [0.25, 0.3) is 5.91 Å². The largest absolute Gasteiger partial charge is 0.338 e. The van der Waals surface area contributed by atoms with Crippen LogP contribution in [0.15, 0.2) is 24.3 Å². The molecule has 0 bridgehead atoms. The zero-order valence-electron chi connectivity index (χ0n) is 9.93.